The lowest BCUT2D eigenvalue weighted by Crippen LogP contribution is -2.64. The standard InChI is InChI=1S/2C42H58ClN5O5S/c2*1-29-7-5-16-42(52-4,27-46-18-20-47-19-17-45(3)24-35(47)25-46)37-12-9-33(37)23-48-26-41(15-6-8-31-21-34(43)11-13-36(31)41)28-53-39-14-10-32(22-38(39)48)40(49)44-54(50,51)30(29)2/h2*5,10-11,13-14,16,21-22,29-30,33,35,37H,6-9,12,15,17-20,23-28H2,1-4H3,(H,44,49)/b2*16-5+/t29-,30+,33-,35+,37+,41-,42+;29-,30+,33-,35-,37+,41-,42+/m00/s1. The van der Waals surface area contributed by atoms with E-state index in [1.165, 1.54) is 22.3 Å². The van der Waals surface area contributed by atoms with Gasteiger partial charge in [0.2, 0.25) is 20.0 Å². The van der Waals surface area contributed by atoms with Crippen LogP contribution in [0.25, 0.3) is 0 Å². The number of benzene rings is 4. The first-order valence-electron chi connectivity index (χ1n) is 40.3. The van der Waals surface area contributed by atoms with Crippen LogP contribution < -0.4 is 28.7 Å². The van der Waals surface area contributed by atoms with Crippen LogP contribution in [0.2, 0.25) is 10.0 Å². The molecule has 8 heterocycles. The van der Waals surface area contributed by atoms with Crippen LogP contribution in [-0.4, -0.2) is 251 Å². The molecule has 0 aromatic heterocycles. The van der Waals surface area contributed by atoms with Gasteiger partial charge in [0.1, 0.15) is 22.7 Å². The first kappa shape index (κ1) is 78.0. The van der Waals surface area contributed by atoms with E-state index in [4.69, 9.17) is 42.1 Å². The van der Waals surface area contributed by atoms with Gasteiger partial charge in [0.15, 0.2) is 0 Å². The quantitative estimate of drug-likeness (QED) is 0.173. The fraction of sp³-hybridized carbons (Fsp3) is 0.643. The van der Waals surface area contributed by atoms with E-state index in [9.17, 15) is 26.4 Å². The molecule has 16 rings (SSSR count). The maximum Gasteiger partial charge on any atom is 0.264 e. The predicted octanol–water partition coefficient (Wildman–Crippen LogP) is 10.4. The fourth-order valence-corrected chi connectivity index (χ4v) is 23.9. The van der Waals surface area contributed by atoms with Gasteiger partial charge in [0.25, 0.3) is 11.8 Å². The number of ether oxygens (including phenoxy) is 4. The van der Waals surface area contributed by atoms with Crippen LogP contribution >= 0.6 is 23.2 Å². The largest absolute Gasteiger partial charge is 0.490 e. The molecular formula is C84H116Cl2N10O10S2. The summed E-state index contributed by atoms with van der Waals surface area (Å²) in [5, 5.41) is -0.0457. The Morgan fingerprint density at radius 3 is 1.33 bits per heavy atom. The van der Waals surface area contributed by atoms with Gasteiger partial charge in [0.05, 0.1) is 35.1 Å². The average Bonchev–Trinajstić information content (AvgIpc) is 1.15. The Kier molecular flexibility index (Phi) is 22.8. The van der Waals surface area contributed by atoms with Crippen molar-refractivity contribution in [1.82, 2.24) is 38.8 Å². The van der Waals surface area contributed by atoms with Crippen molar-refractivity contribution in [2.45, 2.75) is 149 Å². The number of nitrogens with zero attached hydrogens (tertiary/aromatic N) is 8. The van der Waals surface area contributed by atoms with E-state index in [0.717, 1.165) is 215 Å². The summed E-state index contributed by atoms with van der Waals surface area (Å²) in [5.74, 6) is 1.01. The summed E-state index contributed by atoms with van der Waals surface area (Å²) in [4.78, 5) is 47.7. The van der Waals surface area contributed by atoms with E-state index in [2.05, 4.69) is 111 Å². The van der Waals surface area contributed by atoms with Crippen molar-refractivity contribution >= 4 is 66.4 Å². The SMILES string of the molecule is CO[C@@]1(CN2CCN3CCN(C)C[C@@H]3C2)/C=C/C[C@H](C)[C@@H](C)S(=O)(=O)NC(=O)c2ccc3c(c2)N(C[C@@H]2CC[C@H]21)C[C@@]1(CCCc2cc(Cl)ccc21)CO3.CO[C@@]1(CN2CCN3CCN(C)C[C@H]3C2)/C=C/C[C@H](C)[C@@H](C)S(=O)(=O)NC(=O)c2ccc3c(c2)N(C[C@@H]2CC[C@H]21)C[C@@]1(CCCc2cc(Cl)ccc21)CO3. The van der Waals surface area contributed by atoms with Crippen molar-refractivity contribution < 1.29 is 45.4 Å². The van der Waals surface area contributed by atoms with Crippen LogP contribution in [0.15, 0.2) is 97.1 Å². The second-order valence-corrected chi connectivity index (χ2v) is 39.7. The number of carbonyl (C=O) groups is 2. The molecular weight excluding hydrogens is 1440 g/mol. The number of likely N-dealkylation sites (N-methyl/N-ethyl adjacent to an activating group) is 2. The highest BCUT2D eigenvalue weighted by atomic mass is 35.5. The zero-order valence-corrected chi connectivity index (χ0v) is 68.0. The number of nitrogens with one attached hydrogen (secondary N) is 2. The van der Waals surface area contributed by atoms with Gasteiger partial charge in [-0.1, -0.05) is 73.5 Å². The van der Waals surface area contributed by atoms with Gasteiger partial charge >= 0.3 is 0 Å². The van der Waals surface area contributed by atoms with Gasteiger partial charge in [-0.05, 0) is 223 Å². The molecule has 2 spiro atoms. The van der Waals surface area contributed by atoms with Gasteiger partial charge in [-0.25, -0.2) is 26.3 Å². The summed E-state index contributed by atoms with van der Waals surface area (Å²) in [5.41, 5.74) is 5.85. The number of methoxy groups -OCH3 is 2. The van der Waals surface area contributed by atoms with E-state index >= 15 is 0 Å². The normalized spacial score (nSPS) is 35.4. The third-order valence-corrected chi connectivity index (χ3v) is 32.4. The number of hydrogen-bond acceptors (Lipinski definition) is 18. The molecule has 4 aliphatic carbocycles. The van der Waals surface area contributed by atoms with E-state index in [-0.39, 0.29) is 34.5 Å². The third kappa shape index (κ3) is 15.7. The molecule has 12 aliphatic rings. The molecule has 108 heavy (non-hydrogen) atoms. The lowest BCUT2D eigenvalue weighted by atomic mass is 9.63. The molecule has 6 fully saturated rings. The Balaban J connectivity index is 0.000000172. The second kappa shape index (κ2) is 31.6. The first-order valence-corrected chi connectivity index (χ1v) is 44.1. The molecule has 4 bridgehead atoms. The van der Waals surface area contributed by atoms with Crippen LogP contribution in [-0.2, 0) is 53.2 Å². The van der Waals surface area contributed by atoms with Crippen molar-refractivity contribution in [3.63, 3.8) is 0 Å². The minimum atomic E-state index is -3.96. The number of piperazine rings is 4. The predicted molar refractivity (Wildman–Crippen MR) is 428 cm³/mol. The smallest absolute Gasteiger partial charge is 0.264 e. The number of hydrogen-bond donors (Lipinski definition) is 2. The molecule has 2 amide bonds. The highest BCUT2D eigenvalue weighted by Gasteiger charge is 2.53. The first-order chi connectivity index (χ1) is 51.8. The summed E-state index contributed by atoms with van der Waals surface area (Å²) in [6, 6.07) is 24.4. The molecule has 4 aromatic carbocycles. The van der Waals surface area contributed by atoms with Gasteiger partial charge < -0.3 is 38.5 Å². The number of anilines is 2. The van der Waals surface area contributed by atoms with Gasteiger partial charge in [0, 0.05) is 176 Å². The van der Waals surface area contributed by atoms with Crippen LogP contribution in [0.3, 0.4) is 0 Å². The third-order valence-electron chi connectivity index (χ3n) is 28.1. The number of halogens is 2. The Morgan fingerprint density at radius 2 is 0.935 bits per heavy atom. The van der Waals surface area contributed by atoms with Crippen molar-refractivity contribution in [3.8, 4) is 11.5 Å². The fourth-order valence-electron chi connectivity index (χ4n) is 21.0. The number of amides is 2. The molecule has 14 atom stereocenters. The van der Waals surface area contributed by atoms with E-state index in [1.807, 2.05) is 64.5 Å². The Labute approximate surface area is 652 Å². The minimum absolute atomic E-state index is 0.215. The highest BCUT2D eigenvalue weighted by molar-refractivity contribution is 7.91. The van der Waals surface area contributed by atoms with Crippen molar-refractivity contribution in [2.75, 3.05) is 169 Å². The zero-order valence-electron chi connectivity index (χ0n) is 64.9. The summed E-state index contributed by atoms with van der Waals surface area (Å²) in [7, 11) is 0.283. The van der Waals surface area contributed by atoms with Gasteiger partial charge in [-0.3, -0.25) is 29.2 Å². The van der Waals surface area contributed by atoms with Crippen molar-refractivity contribution in [2.24, 2.45) is 35.5 Å². The van der Waals surface area contributed by atoms with Crippen molar-refractivity contribution in [1.29, 1.82) is 0 Å². The molecule has 2 saturated carbocycles. The second-order valence-electron chi connectivity index (χ2n) is 34.7. The lowest BCUT2D eigenvalue weighted by molar-refractivity contribution is -0.102. The molecule has 0 unspecified atom stereocenters. The van der Waals surface area contributed by atoms with E-state index < -0.39 is 53.6 Å². The monoisotopic (exact) mass is 1560 g/mol. The molecule has 24 heteroatoms. The molecule has 0 radical (unpaired) electrons. The maximum atomic E-state index is 13.7. The van der Waals surface area contributed by atoms with Crippen LogP contribution in [0, 0.1) is 35.5 Å². The molecule has 588 valence electrons. The van der Waals surface area contributed by atoms with Crippen molar-refractivity contribution in [3.05, 3.63) is 141 Å². The topological polar surface area (TPSA) is 189 Å². The molecule has 8 aliphatic heterocycles. The number of rotatable bonds is 6. The summed E-state index contributed by atoms with van der Waals surface area (Å²) in [6.45, 7) is 25.7. The van der Waals surface area contributed by atoms with Crippen LogP contribution in [0.4, 0.5) is 11.4 Å². The van der Waals surface area contributed by atoms with Crippen LogP contribution in [0.1, 0.15) is 135 Å². The summed E-state index contributed by atoms with van der Waals surface area (Å²) in [6.07, 6.45) is 20.3. The van der Waals surface area contributed by atoms with E-state index in [0.29, 0.717) is 61.1 Å². The van der Waals surface area contributed by atoms with E-state index in [1.54, 1.807) is 26.0 Å². The Hall–Kier alpha value is -5.34. The van der Waals surface area contributed by atoms with Gasteiger partial charge in [-0.15, -0.1) is 0 Å². The number of fused-ring (bicyclic) bond motifs is 10. The average molecular weight is 1560 g/mol. The highest BCUT2D eigenvalue weighted by Crippen LogP contribution is 2.53. The number of allylic oxidation sites excluding steroid dienone is 2. The maximum absolute atomic E-state index is 13.7. The van der Waals surface area contributed by atoms with Crippen LogP contribution in [0.5, 0.6) is 11.5 Å². The summed E-state index contributed by atoms with van der Waals surface area (Å²) < 4.78 is 86.4. The minimum Gasteiger partial charge on any atom is -0.490 e. The molecule has 4 saturated heterocycles. The molecule has 2 N–H and O–H groups in total. The van der Waals surface area contributed by atoms with Gasteiger partial charge in [-0.2, -0.15) is 0 Å². The molecule has 4 aromatic rings. The Morgan fingerprint density at radius 1 is 0.519 bits per heavy atom. The Bertz CT molecular complexity index is 4020. The molecule has 20 nitrogen and oxygen atoms in total. The summed E-state index contributed by atoms with van der Waals surface area (Å²) >= 11 is 13.0. The number of sulfonamides is 2. The number of aryl methyl sites for hydroxylation is 2. The number of carbonyl (C=O) groups excluding carboxylic acids is 2. The zero-order chi connectivity index (χ0) is 75.7. The lowest BCUT2D eigenvalue weighted by Gasteiger charge is -2.53.